The molecule has 0 radical (unpaired) electrons. The first-order valence-electron chi connectivity index (χ1n) is 6.38. The highest BCUT2D eigenvalue weighted by Crippen LogP contribution is 2.28. The first-order chi connectivity index (χ1) is 9.34. The van der Waals surface area contributed by atoms with Crippen molar-refractivity contribution < 1.29 is 13.2 Å². The zero-order chi connectivity index (χ0) is 14.9. The molecule has 1 aliphatic rings. The number of hydrogen-bond donors (Lipinski definition) is 1. The fraction of sp³-hybridized carbons (Fsp3) is 0.462. The minimum atomic E-state index is -3.57. The van der Waals surface area contributed by atoms with Gasteiger partial charge in [-0.1, -0.05) is 17.7 Å². The second-order valence-electron chi connectivity index (χ2n) is 4.94. The maximum Gasteiger partial charge on any atom is 0.243 e. The molecule has 0 aliphatic carbocycles. The maximum absolute atomic E-state index is 12.6. The number of carbonyl (C=O) groups excluding carboxylic acids is 1. The van der Waals surface area contributed by atoms with E-state index in [2.05, 4.69) is 0 Å². The van der Waals surface area contributed by atoms with Gasteiger partial charge in [-0.25, -0.2) is 8.42 Å². The highest BCUT2D eigenvalue weighted by molar-refractivity contribution is 7.89. The summed E-state index contributed by atoms with van der Waals surface area (Å²) < 4.78 is 26.6. The molecule has 20 heavy (non-hydrogen) atoms. The maximum atomic E-state index is 12.6. The van der Waals surface area contributed by atoms with Crippen LogP contribution in [0.4, 0.5) is 0 Å². The molecule has 0 atom stereocenters. The lowest BCUT2D eigenvalue weighted by atomic mass is 9.98. The first kappa shape index (κ1) is 15.3. The molecule has 0 spiro atoms. The Hall–Kier alpha value is -1.11. The van der Waals surface area contributed by atoms with E-state index in [1.165, 1.54) is 4.31 Å². The zero-order valence-electron chi connectivity index (χ0n) is 11.2. The van der Waals surface area contributed by atoms with Crippen LogP contribution in [0.1, 0.15) is 18.4 Å². The van der Waals surface area contributed by atoms with Gasteiger partial charge in [0.2, 0.25) is 15.9 Å². The average molecular weight is 317 g/mol. The summed E-state index contributed by atoms with van der Waals surface area (Å²) in [5.74, 6) is -0.595. The molecule has 0 bridgehead atoms. The van der Waals surface area contributed by atoms with Crippen LogP contribution in [0, 0.1) is 12.8 Å². The number of nitrogens with two attached hydrogens (primary N) is 1. The number of sulfonamides is 1. The van der Waals surface area contributed by atoms with Crippen LogP contribution < -0.4 is 5.73 Å². The zero-order valence-corrected chi connectivity index (χ0v) is 12.7. The van der Waals surface area contributed by atoms with Crippen LogP contribution in [0.2, 0.25) is 5.02 Å². The second kappa shape index (κ2) is 5.71. The number of halogens is 1. The minimum Gasteiger partial charge on any atom is -0.369 e. The summed E-state index contributed by atoms with van der Waals surface area (Å²) in [5.41, 5.74) is 5.80. The van der Waals surface area contributed by atoms with Gasteiger partial charge in [0.25, 0.3) is 0 Å². The lowest BCUT2D eigenvalue weighted by Gasteiger charge is -2.30. The molecule has 2 rings (SSSR count). The molecule has 110 valence electrons. The van der Waals surface area contributed by atoms with Crippen molar-refractivity contribution in [3.8, 4) is 0 Å². The van der Waals surface area contributed by atoms with E-state index in [0.717, 1.165) is 0 Å². The molecule has 1 heterocycles. The summed E-state index contributed by atoms with van der Waals surface area (Å²) in [6.07, 6.45) is 0.933. The quantitative estimate of drug-likeness (QED) is 0.918. The fourth-order valence-corrected chi connectivity index (χ4v) is 4.33. The molecule has 1 aromatic rings. The van der Waals surface area contributed by atoms with E-state index in [9.17, 15) is 13.2 Å². The molecule has 0 saturated carbocycles. The van der Waals surface area contributed by atoms with Gasteiger partial charge in [0, 0.05) is 24.0 Å². The standard InChI is InChI=1S/C13H17ClN2O3S/c1-9-11(14)3-2-4-12(9)20(18,19)16-7-5-10(6-8-16)13(15)17/h2-4,10H,5-8H2,1H3,(H2,15,17). The van der Waals surface area contributed by atoms with E-state index >= 15 is 0 Å². The van der Waals surface area contributed by atoms with Crippen LogP contribution in [0.25, 0.3) is 0 Å². The minimum absolute atomic E-state index is 0.225. The van der Waals surface area contributed by atoms with Gasteiger partial charge in [0.05, 0.1) is 4.90 Å². The van der Waals surface area contributed by atoms with Crippen molar-refractivity contribution in [1.29, 1.82) is 0 Å². The molecular formula is C13H17ClN2O3S. The number of rotatable bonds is 3. The Bertz CT molecular complexity index is 623. The van der Waals surface area contributed by atoms with E-state index in [4.69, 9.17) is 17.3 Å². The van der Waals surface area contributed by atoms with Gasteiger partial charge in [-0.3, -0.25) is 4.79 Å². The third-order valence-electron chi connectivity index (χ3n) is 3.69. The van der Waals surface area contributed by atoms with Crippen molar-refractivity contribution >= 4 is 27.5 Å². The largest absolute Gasteiger partial charge is 0.369 e. The van der Waals surface area contributed by atoms with Gasteiger partial charge in [-0.2, -0.15) is 4.31 Å². The van der Waals surface area contributed by atoms with Crippen molar-refractivity contribution in [3.05, 3.63) is 28.8 Å². The normalized spacial score (nSPS) is 18.1. The van der Waals surface area contributed by atoms with Gasteiger partial charge in [-0.15, -0.1) is 0 Å². The summed E-state index contributed by atoms with van der Waals surface area (Å²) in [6.45, 7) is 2.30. The van der Waals surface area contributed by atoms with Crippen LogP contribution in [0.15, 0.2) is 23.1 Å². The number of carbonyl (C=O) groups is 1. The van der Waals surface area contributed by atoms with Crippen molar-refractivity contribution in [2.75, 3.05) is 13.1 Å². The molecule has 1 amide bonds. The number of benzene rings is 1. The van der Waals surface area contributed by atoms with Crippen molar-refractivity contribution in [1.82, 2.24) is 4.31 Å². The van der Waals surface area contributed by atoms with E-state index in [0.29, 0.717) is 36.5 Å². The average Bonchev–Trinajstić information content (AvgIpc) is 2.41. The van der Waals surface area contributed by atoms with E-state index < -0.39 is 10.0 Å². The second-order valence-corrected chi connectivity index (χ2v) is 7.26. The monoisotopic (exact) mass is 316 g/mol. The predicted octanol–water partition coefficient (Wildman–Crippen LogP) is 1.53. The van der Waals surface area contributed by atoms with Gasteiger partial charge in [-0.05, 0) is 37.5 Å². The lowest BCUT2D eigenvalue weighted by molar-refractivity contribution is -0.122. The van der Waals surface area contributed by atoms with Gasteiger partial charge in [0.1, 0.15) is 0 Å². The smallest absolute Gasteiger partial charge is 0.243 e. The van der Waals surface area contributed by atoms with Crippen LogP contribution in [-0.4, -0.2) is 31.7 Å². The Labute approximate surface area is 123 Å². The number of hydrogen-bond acceptors (Lipinski definition) is 3. The molecule has 0 unspecified atom stereocenters. The van der Waals surface area contributed by atoms with Gasteiger partial charge < -0.3 is 5.73 Å². The third-order valence-corrected chi connectivity index (χ3v) is 6.14. The topological polar surface area (TPSA) is 80.5 Å². The highest BCUT2D eigenvalue weighted by Gasteiger charge is 2.32. The van der Waals surface area contributed by atoms with Crippen molar-refractivity contribution in [3.63, 3.8) is 0 Å². The lowest BCUT2D eigenvalue weighted by Crippen LogP contribution is -2.41. The molecule has 2 N–H and O–H groups in total. The Morgan fingerprint density at radius 1 is 1.35 bits per heavy atom. The fourth-order valence-electron chi connectivity index (χ4n) is 2.39. The number of nitrogens with zero attached hydrogens (tertiary/aromatic N) is 1. The first-order valence-corrected chi connectivity index (χ1v) is 8.20. The van der Waals surface area contributed by atoms with E-state index in [-0.39, 0.29) is 16.7 Å². The van der Waals surface area contributed by atoms with Crippen LogP contribution in [-0.2, 0) is 14.8 Å². The van der Waals surface area contributed by atoms with Crippen LogP contribution >= 0.6 is 11.6 Å². The van der Waals surface area contributed by atoms with Crippen molar-refractivity contribution in [2.45, 2.75) is 24.7 Å². The Morgan fingerprint density at radius 3 is 2.50 bits per heavy atom. The van der Waals surface area contributed by atoms with Gasteiger partial charge >= 0.3 is 0 Å². The number of primary amides is 1. The third kappa shape index (κ3) is 2.82. The molecule has 1 aromatic carbocycles. The van der Waals surface area contributed by atoms with Crippen molar-refractivity contribution in [2.24, 2.45) is 11.7 Å². The molecule has 0 aromatic heterocycles. The molecule has 1 aliphatic heterocycles. The van der Waals surface area contributed by atoms with E-state index in [1.807, 2.05) is 0 Å². The number of piperidine rings is 1. The molecular weight excluding hydrogens is 300 g/mol. The van der Waals surface area contributed by atoms with Crippen LogP contribution in [0.3, 0.4) is 0 Å². The summed E-state index contributed by atoms with van der Waals surface area (Å²) in [6, 6.07) is 4.84. The summed E-state index contributed by atoms with van der Waals surface area (Å²) in [5, 5.41) is 0.429. The Kier molecular flexibility index (Phi) is 4.36. The number of amides is 1. The van der Waals surface area contributed by atoms with Crippen LogP contribution in [0.5, 0.6) is 0 Å². The molecule has 1 fully saturated rings. The molecule has 5 nitrogen and oxygen atoms in total. The van der Waals surface area contributed by atoms with Gasteiger partial charge in [0.15, 0.2) is 0 Å². The summed E-state index contributed by atoms with van der Waals surface area (Å²) in [4.78, 5) is 11.3. The Balaban J connectivity index is 2.24. The molecule has 1 saturated heterocycles. The van der Waals surface area contributed by atoms with E-state index in [1.54, 1.807) is 25.1 Å². The highest BCUT2D eigenvalue weighted by atomic mass is 35.5. The molecule has 7 heteroatoms. The predicted molar refractivity (Wildman–Crippen MR) is 76.9 cm³/mol. The Morgan fingerprint density at radius 2 is 1.95 bits per heavy atom. The summed E-state index contributed by atoms with van der Waals surface area (Å²) in [7, 11) is -3.57. The SMILES string of the molecule is Cc1c(Cl)cccc1S(=O)(=O)N1CCC(C(N)=O)CC1. The summed E-state index contributed by atoms with van der Waals surface area (Å²) >= 11 is 5.98.